The van der Waals surface area contributed by atoms with E-state index in [1.165, 1.54) is 30.4 Å². The second-order valence-electron chi connectivity index (χ2n) is 4.79. The van der Waals surface area contributed by atoms with Gasteiger partial charge in [-0.1, -0.05) is 29.4 Å². The van der Waals surface area contributed by atoms with Crippen molar-refractivity contribution in [2.24, 2.45) is 0 Å². The Morgan fingerprint density at radius 3 is 2.72 bits per heavy atom. The second kappa shape index (κ2) is 5.31. The van der Waals surface area contributed by atoms with Crippen LogP contribution in [0, 0.1) is 0 Å². The van der Waals surface area contributed by atoms with Gasteiger partial charge in [0.2, 0.25) is 6.39 Å². The minimum absolute atomic E-state index is 0.756. The van der Waals surface area contributed by atoms with Gasteiger partial charge >= 0.3 is 0 Å². The lowest BCUT2D eigenvalue weighted by molar-refractivity contribution is 0.409. The third-order valence-corrected chi connectivity index (χ3v) is 3.29. The normalized spacial score (nSPS) is 14.9. The molecule has 0 spiro atoms. The SMILES string of the molecule is c1nc(CCNCc2ccc(C3CC3)cc2)no1. The molecule has 1 aliphatic carbocycles. The minimum atomic E-state index is 0.756. The Balaban J connectivity index is 1.42. The molecule has 1 aromatic heterocycles. The molecule has 2 aromatic rings. The fourth-order valence-corrected chi connectivity index (χ4v) is 2.06. The van der Waals surface area contributed by atoms with Crippen LogP contribution in [0.2, 0.25) is 0 Å². The van der Waals surface area contributed by atoms with Crippen LogP contribution in [0.15, 0.2) is 35.2 Å². The molecule has 94 valence electrons. The standard InChI is InChI=1S/C14H17N3O/c1-3-12(13-5-6-13)4-2-11(1)9-15-8-7-14-16-10-18-17-14/h1-4,10,13,15H,5-9H2. The molecule has 0 unspecified atom stereocenters. The van der Waals surface area contributed by atoms with Crippen LogP contribution in [0.5, 0.6) is 0 Å². The van der Waals surface area contributed by atoms with Gasteiger partial charge in [-0.05, 0) is 29.9 Å². The summed E-state index contributed by atoms with van der Waals surface area (Å²) < 4.78 is 4.68. The topological polar surface area (TPSA) is 51.0 Å². The van der Waals surface area contributed by atoms with Crippen molar-refractivity contribution < 1.29 is 4.52 Å². The van der Waals surface area contributed by atoms with Crippen molar-refractivity contribution in [3.8, 4) is 0 Å². The summed E-state index contributed by atoms with van der Waals surface area (Å²) in [5.41, 5.74) is 2.82. The second-order valence-corrected chi connectivity index (χ2v) is 4.79. The van der Waals surface area contributed by atoms with Crippen LogP contribution in [-0.4, -0.2) is 16.7 Å². The van der Waals surface area contributed by atoms with E-state index in [0.29, 0.717) is 0 Å². The summed E-state index contributed by atoms with van der Waals surface area (Å²) in [5.74, 6) is 1.59. The summed E-state index contributed by atoms with van der Waals surface area (Å²) in [6, 6.07) is 8.95. The van der Waals surface area contributed by atoms with Gasteiger partial charge in [-0.15, -0.1) is 0 Å². The first-order chi connectivity index (χ1) is 8.92. The van der Waals surface area contributed by atoms with Crippen molar-refractivity contribution in [1.82, 2.24) is 15.5 Å². The zero-order valence-electron chi connectivity index (χ0n) is 10.3. The highest BCUT2D eigenvalue weighted by molar-refractivity contribution is 5.27. The van der Waals surface area contributed by atoms with Crippen molar-refractivity contribution in [2.45, 2.75) is 31.7 Å². The van der Waals surface area contributed by atoms with Gasteiger partial charge < -0.3 is 9.84 Å². The lowest BCUT2D eigenvalue weighted by Crippen LogP contribution is -2.17. The van der Waals surface area contributed by atoms with Gasteiger partial charge in [0.05, 0.1) is 0 Å². The molecule has 0 saturated heterocycles. The monoisotopic (exact) mass is 243 g/mol. The molecule has 1 saturated carbocycles. The highest BCUT2D eigenvalue weighted by Crippen LogP contribution is 2.39. The Labute approximate surface area is 106 Å². The highest BCUT2D eigenvalue weighted by atomic mass is 16.5. The number of nitrogens with one attached hydrogen (secondary N) is 1. The fourth-order valence-electron chi connectivity index (χ4n) is 2.06. The van der Waals surface area contributed by atoms with Crippen molar-refractivity contribution in [3.05, 3.63) is 47.6 Å². The van der Waals surface area contributed by atoms with Crippen molar-refractivity contribution >= 4 is 0 Å². The maximum absolute atomic E-state index is 4.68. The Kier molecular flexibility index (Phi) is 3.37. The maximum atomic E-state index is 4.68. The molecule has 1 fully saturated rings. The summed E-state index contributed by atoms with van der Waals surface area (Å²) in [7, 11) is 0. The average Bonchev–Trinajstić information content (AvgIpc) is 3.13. The van der Waals surface area contributed by atoms with Crippen LogP contribution in [0.4, 0.5) is 0 Å². The van der Waals surface area contributed by atoms with E-state index in [9.17, 15) is 0 Å². The number of hydrogen-bond acceptors (Lipinski definition) is 4. The van der Waals surface area contributed by atoms with Crippen LogP contribution in [-0.2, 0) is 13.0 Å². The molecule has 0 radical (unpaired) electrons. The third kappa shape index (κ3) is 2.96. The smallest absolute Gasteiger partial charge is 0.213 e. The van der Waals surface area contributed by atoms with E-state index >= 15 is 0 Å². The highest BCUT2D eigenvalue weighted by Gasteiger charge is 2.22. The van der Waals surface area contributed by atoms with E-state index in [0.717, 1.165) is 31.3 Å². The summed E-state index contributed by atoms with van der Waals surface area (Å²) in [5, 5.41) is 7.16. The summed E-state index contributed by atoms with van der Waals surface area (Å²) in [6.45, 7) is 1.76. The lowest BCUT2D eigenvalue weighted by Gasteiger charge is -2.04. The van der Waals surface area contributed by atoms with Crippen LogP contribution in [0.3, 0.4) is 0 Å². The molecule has 3 rings (SSSR count). The summed E-state index contributed by atoms with van der Waals surface area (Å²) >= 11 is 0. The lowest BCUT2D eigenvalue weighted by atomic mass is 10.1. The van der Waals surface area contributed by atoms with Crippen LogP contribution in [0.1, 0.15) is 35.7 Å². The molecule has 0 bridgehead atoms. The van der Waals surface area contributed by atoms with E-state index in [2.05, 4.69) is 44.2 Å². The molecule has 1 aliphatic rings. The predicted molar refractivity (Wildman–Crippen MR) is 68.1 cm³/mol. The van der Waals surface area contributed by atoms with Crippen LogP contribution < -0.4 is 5.32 Å². The Morgan fingerprint density at radius 2 is 2.06 bits per heavy atom. The number of rotatable bonds is 6. The number of benzene rings is 1. The van der Waals surface area contributed by atoms with E-state index < -0.39 is 0 Å². The number of hydrogen-bond donors (Lipinski definition) is 1. The Morgan fingerprint density at radius 1 is 1.22 bits per heavy atom. The minimum Gasteiger partial charge on any atom is -0.343 e. The average molecular weight is 243 g/mol. The van der Waals surface area contributed by atoms with Crippen molar-refractivity contribution in [2.75, 3.05) is 6.54 Å². The third-order valence-electron chi connectivity index (χ3n) is 3.29. The summed E-state index contributed by atoms with van der Waals surface area (Å²) in [6.07, 6.45) is 4.90. The number of aromatic nitrogens is 2. The quantitative estimate of drug-likeness (QED) is 0.791. The molecule has 4 nitrogen and oxygen atoms in total. The predicted octanol–water partition coefficient (Wildman–Crippen LogP) is 2.28. The molecule has 1 N–H and O–H groups in total. The molecule has 18 heavy (non-hydrogen) atoms. The zero-order chi connectivity index (χ0) is 12.2. The number of nitrogens with zero attached hydrogens (tertiary/aromatic N) is 2. The molecule has 1 aromatic carbocycles. The van der Waals surface area contributed by atoms with E-state index in [-0.39, 0.29) is 0 Å². The van der Waals surface area contributed by atoms with E-state index in [1.807, 2.05) is 0 Å². The first-order valence-electron chi connectivity index (χ1n) is 6.46. The van der Waals surface area contributed by atoms with Crippen LogP contribution in [0.25, 0.3) is 0 Å². The molecule has 0 aliphatic heterocycles. The van der Waals surface area contributed by atoms with Gasteiger partial charge in [0.1, 0.15) is 0 Å². The van der Waals surface area contributed by atoms with E-state index in [4.69, 9.17) is 0 Å². The fraction of sp³-hybridized carbons (Fsp3) is 0.429. The van der Waals surface area contributed by atoms with Gasteiger partial charge in [-0.2, -0.15) is 4.98 Å². The van der Waals surface area contributed by atoms with Crippen molar-refractivity contribution in [3.63, 3.8) is 0 Å². The van der Waals surface area contributed by atoms with Gasteiger partial charge in [-0.25, -0.2) is 0 Å². The molecular weight excluding hydrogens is 226 g/mol. The first-order valence-corrected chi connectivity index (χ1v) is 6.46. The Hall–Kier alpha value is -1.68. The molecule has 0 amide bonds. The van der Waals surface area contributed by atoms with Crippen molar-refractivity contribution in [1.29, 1.82) is 0 Å². The van der Waals surface area contributed by atoms with Gasteiger partial charge in [-0.3, -0.25) is 0 Å². The molecule has 0 atom stereocenters. The largest absolute Gasteiger partial charge is 0.343 e. The van der Waals surface area contributed by atoms with E-state index in [1.54, 1.807) is 0 Å². The van der Waals surface area contributed by atoms with Crippen LogP contribution >= 0.6 is 0 Å². The van der Waals surface area contributed by atoms with Gasteiger partial charge in [0.15, 0.2) is 5.82 Å². The van der Waals surface area contributed by atoms with Gasteiger partial charge in [0, 0.05) is 19.5 Å². The molecule has 1 heterocycles. The first kappa shape index (κ1) is 11.4. The molecular formula is C14H17N3O. The summed E-state index contributed by atoms with van der Waals surface area (Å²) in [4.78, 5) is 3.98. The zero-order valence-corrected chi connectivity index (χ0v) is 10.3. The Bertz CT molecular complexity index is 474. The molecule has 4 heteroatoms. The maximum Gasteiger partial charge on any atom is 0.213 e. The van der Waals surface area contributed by atoms with Gasteiger partial charge in [0.25, 0.3) is 0 Å².